The van der Waals surface area contributed by atoms with E-state index in [9.17, 15) is 0 Å². The molecule has 0 spiro atoms. The normalized spacial score (nSPS) is 10.7. The van der Waals surface area contributed by atoms with Gasteiger partial charge in [-0.05, 0) is 17.7 Å². The van der Waals surface area contributed by atoms with E-state index in [4.69, 9.17) is 9.47 Å². The first kappa shape index (κ1) is 14.7. The number of aromatic amines is 1. The topological polar surface area (TPSA) is 59.2 Å². The summed E-state index contributed by atoms with van der Waals surface area (Å²) < 4.78 is 11.7. The van der Waals surface area contributed by atoms with Crippen LogP contribution in [-0.4, -0.2) is 24.2 Å². The molecule has 2 N–H and O–H groups in total. The van der Waals surface area contributed by atoms with Crippen LogP contribution in [0.25, 0.3) is 11.0 Å². The van der Waals surface area contributed by atoms with Gasteiger partial charge in [0.15, 0.2) is 11.5 Å². The van der Waals surface area contributed by atoms with E-state index in [2.05, 4.69) is 43.3 Å². The third-order valence-corrected chi connectivity index (χ3v) is 3.89. The summed E-state index contributed by atoms with van der Waals surface area (Å²) in [5.74, 6) is 2.06. The molecule has 0 saturated heterocycles. The Balaban J connectivity index is 1.81. The lowest BCUT2D eigenvalue weighted by atomic mass is 10.2. The predicted molar refractivity (Wildman–Crippen MR) is 90.7 cm³/mol. The minimum absolute atomic E-state index is 0.668. The third kappa shape index (κ3) is 3.01. The van der Waals surface area contributed by atoms with Crippen LogP contribution in [-0.2, 0) is 6.54 Å². The van der Waals surface area contributed by atoms with Crippen molar-refractivity contribution < 1.29 is 9.47 Å². The zero-order valence-corrected chi connectivity index (χ0v) is 13.9. The highest BCUT2D eigenvalue weighted by Crippen LogP contribution is 2.31. The Bertz CT molecular complexity index is 743. The highest BCUT2D eigenvalue weighted by Gasteiger charge is 2.09. The van der Waals surface area contributed by atoms with Gasteiger partial charge in [-0.3, -0.25) is 0 Å². The maximum atomic E-state index is 5.30. The van der Waals surface area contributed by atoms with Gasteiger partial charge in [0, 0.05) is 23.2 Å². The number of nitrogens with one attached hydrogen (secondary N) is 2. The number of hydrogen-bond acceptors (Lipinski definition) is 4. The predicted octanol–water partition coefficient (Wildman–Crippen LogP) is 3.95. The van der Waals surface area contributed by atoms with E-state index < -0.39 is 0 Å². The number of fused-ring (bicyclic) bond motifs is 1. The van der Waals surface area contributed by atoms with Crippen molar-refractivity contribution in [3.05, 3.63) is 46.4 Å². The molecule has 1 heterocycles. The monoisotopic (exact) mass is 361 g/mol. The fourth-order valence-electron chi connectivity index (χ4n) is 2.21. The van der Waals surface area contributed by atoms with Gasteiger partial charge in [0.1, 0.15) is 0 Å². The van der Waals surface area contributed by atoms with Crippen LogP contribution in [0.2, 0.25) is 0 Å². The zero-order valence-electron chi connectivity index (χ0n) is 12.3. The lowest BCUT2D eigenvalue weighted by Crippen LogP contribution is -2.00. The molecule has 2 aromatic carbocycles. The molecule has 3 rings (SSSR count). The summed E-state index contributed by atoms with van der Waals surface area (Å²) in [6.07, 6.45) is 0. The van der Waals surface area contributed by atoms with Crippen molar-refractivity contribution >= 4 is 32.9 Å². The van der Waals surface area contributed by atoms with Gasteiger partial charge < -0.3 is 19.8 Å². The lowest BCUT2D eigenvalue weighted by Gasteiger charge is -2.06. The summed E-state index contributed by atoms with van der Waals surface area (Å²) in [4.78, 5) is 7.75. The van der Waals surface area contributed by atoms with Crippen LogP contribution in [0.5, 0.6) is 11.5 Å². The molecule has 6 heteroatoms. The molecule has 22 heavy (non-hydrogen) atoms. The molecule has 5 nitrogen and oxygen atoms in total. The number of aromatic nitrogens is 2. The summed E-state index contributed by atoms with van der Waals surface area (Å²) in [5.41, 5.74) is 2.91. The van der Waals surface area contributed by atoms with Gasteiger partial charge >= 0.3 is 0 Å². The van der Waals surface area contributed by atoms with E-state index >= 15 is 0 Å². The number of rotatable bonds is 5. The average molecular weight is 362 g/mol. The second-order valence-electron chi connectivity index (χ2n) is 4.79. The molecule has 0 saturated carbocycles. The fourth-order valence-corrected chi connectivity index (χ4v) is 2.47. The first-order chi connectivity index (χ1) is 10.7. The molecule has 0 aliphatic rings. The van der Waals surface area contributed by atoms with Crippen LogP contribution < -0.4 is 14.8 Å². The smallest absolute Gasteiger partial charge is 0.201 e. The Kier molecular flexibility index (Phi) is 4.20. The Hall–Kier alpha value is -2.21. The molecule has 0 amide bonds. The fraction of sp³-hybridized carbons (Fsp3) is 0.188. The highest BCUT2D eigenvalue weighted by molar-refractivity contribution is 9.10. The van der Waals surface area contributed by atoms with Gasteiger partial charge in [0.25, 0.3) is 0 Å². The van der Waals surface area contributed by atoms with E-state index in [1.807, 2.05) is 24.3 Å². The summed E-state index contributed by atoms with van der Waals surface area (Å²) in [6.45, 7) is 0.696. The number of methoxy groups -OCH3 is 2. The second kappa shape index (κ2) is 6.27. The summed E-state index contributed by atoms with van der Waals surface area (Å²) in [5, 5.41) is 3.28. The Morgan fingerprint density at radius 1 is 1.09 bits per heavy atom. The summed E-state index contributed by atoms with van der Waals surface area (Å²) in [6, 6.07) is 11.9. The number of H-pyrrole nitrogens is 1. The molecule has 0 radical (unpaired) electrons. The lowest BCUT2D eigenvalue weighted by molar-refractivity contribution is 0.356. The Labute approximate surface area is 136 Å². The molecule has 0 fully saturated rings. The van der Waals surface area contributed by atoms with Crippen molar-refractivity contribution in [2.24, 2.45) is 0 Å². The SMILES string of the molecule is COc1cc2nc(NCc3ccc(Br)cc3)[nH]c2cc1OC. The van der Waals surface area contributed by atoms with Crippen LogP contribution >= 0.6 is 15.9 Å². The molecule has 0 aliphatic carbocycles. The quantitative estimate of drug-likeness (QED) is 0.722. The van der Waals surface area contributed by atoms with Crippen molar-refractivity contribution in [1.82, 2.24) is 9.97 Å². The van der Waals surface area contributed by atoms with Crippen molar-refractivity contribution in [3.63, 3.8) is 0 Å². The first-order valence-electron chi connectivity index (χ1n) is 6.79. The summed E-state index contributed by atoms with van der Waals surface area (Å²) in [7, 11) is 3.23. The van der Waals surface area contributed by atoms with E-state index in [-0.39, 0.29) is 0 Å². The second-order valence-corrected chi connectivity index (χ2v) is 5.71. The summed E-state index contributed by atoms with van der Waals surface area (Å²) >= 11 is 3.43. The minimum Gasteiger partial charge on any atom is -0.493 e. The Morgan fingerprint density at radius 2 is 1.77 bits per heavy atom. The third-order valence-electron chi connectivity index (χ3n) is 3.36. The van der Waals surface area contributed by atoms with Gasteiger partial charge in [-0.15, -0.1) is 0 Å². The van der Waals surface area contributed by atoms with Crippen molar-refractivity contribution in [1.29, 1.82) is 0 Å². The van der Waals surface area contributed by atoms with Crippen LogP contribution in [0.15, 0.2) is 40.9 Å². The Morgan fingerprint density at radius 3 is 2.45 bits per heavy atom. The first-order valence-corrected chi connectivity index (χ1v) is 7.59. The van der Waals surface area contributed by atoms with Crippen molar-refractivity contribution in [2.75, 3.05) is 19.5 Å². The van der Waals surface area contributed by atoms with Crippen LogP contribution in [0, 0.1) is 0 Å². The van der Waals surface area contributed by atoms with Gasteiger partial charge in [-0.1, -0.05) is 28.1 Å². The highest BCUT2D eigenvalue weighted by atomic mass is 79.9. The van der Waals surface area contributed by atoms with Gasteiger partial charge in [-0.2, -0.15) is 0 Å². The van der Waals surface area contributed by atoms with Gasteiger partial charge in [0.05, 0.1) is 25.3 Å². The largest absolute Gasteiger partial charge is 0.493 e. The molecule has 0 bridgehead atoms. The number of imidazole rings is 1. The molecule has 3 aromatic rings. The van der Waals surface area contributed by atoms with E-state index in [0.29, 0.717) is 24.0 Å². The average Bonchev–Trinajstić information content (AvgIpc) is 2.94. The van der Waals surface area contributed by atoms with Gasteiger partial charge in [0.2, 0.25) is 5.95 Å². The van der Waals surface area contributed by atoms with Crippen LogP contribution in [0.3, 0.4) is 0 Å². The molecule has 0 atom stereocenters. The maximum Gasteiger partial charge on any atom is 0.201 e. The number of anilines is 1. The standard InChI is InChI=1S/C16H16BrN3O2/c1-21-14-7-12-13(8-15(14)22-2)20-16(19-12)18-9-10-3-5-11(17)6-4-10/h3-8H,9H2,1-2H3,(H2,18,19,20). The van der Waals surface area contributed by atoms with E-state index in [1.54, 1.807) is 14.2 Å². The van der Waals surface area contributed by atoms with Crippen molar-refractivity contribution in [2.45, 2.75) is 6.54 Å². The number of halogens is 1. The number of benzene rings is 2. The molecule has 1 aromatic heterocycles. The number of hydrogen-bond donors (Lipinski definition) is 2. The van der Waals surface area contributed by atoms with Crippen molar-refractivity contribution in [3.8, 4) is 11.5 Å². The van der Waals surface area contributed by atoms with E-state index in [0.717, 1.165) is 15.5 Å². The molecule has 0 unspecified atom stereocenters. The zero-order chi connectivity index (χ0) is 15.5. The number of nitrogens with zero attached hydrogens (tertiary/aromatic N) is 1. The molecule has 0 aliphatic heterocycles. The molecule has 114 valence electrons. The minimum atomic E-state index is 0.668. The van der Waals surface area contributed by atoms with Crippen LogP contribution in [0.4, 0.5) is 5.95 Å². The molecular weight excluding hydrogens is 346 g/mol. The van der Waals surface area contributed by atoms with Crippen LogP contribution in [0.1, 0.15) is 5.56 Å². The molecular formula is C16H16BrN3O2. The maximum absolute atomic E-state index is 5.30. The van der Waals surface area contributed by atoms with Gasteiger partial charge in [-0.25, -0.2) is 4.98 Å². The van der Waals surface area contributed by atoms with E-state index in [1.165, 1.54) is 5.56 Å². The number of ether oxygens (including phenoxy) is 2.